The van der Waals surface area contributed by atoms with Crippen LogP contribution in [0.4, 0.5) is 0 Å². The van der Waals surface area contributed by atoms with Gasteiger partial charge in [0.1, 0.15) is 15.9 Å². The van der Waals surface area contributed by atoms with Crippen molar-refractivity contribution in [3.63, 3.8) is 0 Å². The van der Waals surface area contributed by atoms with E-state index in [1.807, 2.05) is 0 Å². The number of rotatable bonds is 6. The van der Waals surface area contributed by atoms with Gasteiger partial charge in [0.15, 0.2) is 0 Å². The van der Waals surface area contributed by atoms with Gasteiger partial charge in [-0.25, -0.2) is 13.2 Å². The van der Waals surface area contributed by atoms with Crippen molar-refractivity contribution in [3.8, 4) is 0 Å². The molecule has 1 aliphatic rings. The Hall–Kier alpha value is -1.15. The first-order valence-electron chi connectivity index (χ1n) is 5.71. The molecule has 0 aliphatic carbocycles. The van der Waals surface area contributed by atoms with Crippen molar-refractivity contribution < 1.29 is 23.1 Å². The van der Waals surface area contributed by atoms with Crippen LogP contribution in [0.3, 0.4) is 0 Å². The Labute approximate surface area is 106 Å². The first-order chi connectivity index (χ1) is 8.29. The summed E-state index contributed by atoms with van der Waals surface area (Å²) < 4.78 is 22.0. The number of amides is 1. The predicted molar refractivity (Wildman–Crippen MR) is 64.9 cm³/mol. The summed E-state index contributed by atoms with van der Waals surface area (Å²) in [5, 5.41) is 14.3. The van der Waals surface area contributed by atoms with E-state index in [2.05, 4.69) is 10.6 Å². The molecule has 0 saturated carbocycles. The van der Waals surface area contributed by atoms with Crippen LogP contribution in [0.25, 0.3) is 0 Å². The molecule has 2 unspecified atom stereocenters. The number of nitrogens with one attached hydrogen (secondary N) is 2. The SMILES string of the molecule is CS(=O)(=O)CCC(NC(=O)C1CCNC1)C(=O)O. The fourth-order valence-corrected chi connectivity index (χ4v) is 2.42. The Kier molecular flexibility index (Phi) is 5.09. The quantitative estimate of drug-likeness (QED) is 0.551. The van der Waals surface area contributed by atoms with E-state index < -0.39 is 21.8 Å². The molecular weight excluding hydrogens is 260 g/mol. The number of sulfone groups is 1. The highest BCUT2D eigenvalue weighted by atomic mass is 32.2. The molecule has 1 heterocycles. The van der Waals surface area contributed by atoms with Crippen molar-refractivity contribution >= 4 is 21.7 Å². The third-order valence-electron chi connectivity index (χ3n) is 2.82. The topological polar surface area (TPSA) is 113 Å². The number of carbonyl (C=O) groups is 2. The maximum Gasteiger partial charge on any atom is 0.326 e. The van der Waals surface area contributed by atoms with Crippen LogP contribution in [-0.4, -0.2) is 56.5 Å². The maximum absolute atomic E-state index is 11.7. The zero-order valence-corrected chi connectivity index (χ0v) is 11.0. The highest BCUT2D eigenvalue weighted by Crippen LogP contribution is 2.08. The van der Waals surface area contributed by atoms with Gasteiger partial charge in [0, 0.05) is 12.8 Å². The first kappa shape index (κ1) is 14.9. The van der Waals surface area contributed by atoms with Crippen molar-refractivity contribution in [1.29, 1.82) is 0 Å². The maximum atomic E-state index is 11.7. The van der Waals surface area contributed by atoms with Crippen LogP contribution in [0.15, 0.2) is 0 Å². The minimum Gasteiger partial charge on any atom is -0.480 e. The third-order valence-corrected chi connectivity index (χ3v) is 3.80. The van der Waals surface area contributed by atoms with Crippen LogP contribution in [0.5, 0.6) is 0 Å². The van der Waals surface area contributed by atoms with Crippen molar-refractivity contribution in [1.82, 2.24) is 10.6 Å². The fraction of sp³-hybridized carbons (Fsp3) is 0.800. The number of hydrogen-bond donors (Lipinski definition) is 3. The van der Waals surface area contributed by atoms with Crippen LogP contribution < -0.4 is 10.6 Å². The fourth-order valence-electron chi connectivity index (χ4n) is 1.76. The van der Waals surface area contributed by atoms with Crippen molar-refractivity contribution in [2.45, 2.75) is 18.9 Å². The number of carboxylic acid groups (broad SMARTS) is 1. The molecule has 2 atom stereocenters. The summed E-state index contributed by atoms with van der Waals surface area (Å²) in [6, 6.07) is -1.15. The van der Waals surface area contributed by atoms with Crippen LogP contribution in [-0.2, 0) is 19.4 Å². The van der Waals surface area contributed by atoms with Gasteiger partial charge in [-0.1, -0.05) is 0 Å². The van der Waals surface area contributed by atoms with Crippen LogP contribution in [0.2, 0.25) is 0 Å². The largest absolute Gasteiger partial charge is 0.480 e. The zero-order chi connectivity index (χ0) is 13.8. The molecule has 1 aliphatic heterocycles. The second-order valence-corrected chi connectivity index (χ2v) is 6.77. The standard InChI is InChI=1S/C10H18N2O5S/c1-18(16,17)5-3-8(10(14)15)12-9(13)7-2-4-11-6-7/h7-8,11H,2-6H2,1H3,(H,12,13)(H,14,15). The van der Waals surface area contributed by atoms with E-state index in [4.69, 9.17) is 5.11 Å². The van der Waals surface area contributed by atoms with Crippen LogP contribution >= 0.6 is 0 Å². The van der Waals surface area contributed by atoms with Gasteiger partial charge in [-0.3, -0.25) is 4.79 Å². The van der Waals surface area contributed by atoms with E-state index in [1.165, 1.54) is 0 Å². The number of carboxylic acids is 1. The van der Waals surface area contributed by atoms with Gasteiger partial charge in [0.2, 0.25) is 5.91 Å². The van der Waals surface area contributed by atoms with E-state index in [9.17, 15) is 18.0 Å². The summed E-state index contributed by atoms with van der Waals surface area (Å²) in [5.74, 6) is -2.03. The van der Waals surface area contributed by atoms with E-state index in [0.717, 1.165) is 12.8 Å². The molecule has 0 spiro atoms. The molecule has 0 aromatic rings. The lowest BCUT2D eigenvalue weighted by atomic mass is 10.1. The summed E-state index contributed by atoms with van der Waals surface area (Å²) in [7, 11) is -3.23. The zero-order valence-electron chi connectivity index (χ0n) is 10.2. The third kappa shape index (κ3) is 5.01. The molecule has 18 heavy (non-hydrogen) atoms. The van der Waals surface area contributed by atoms with Gasteiger partial charge < -0.3 is 15.7 Å². The lowest BCUT2D eigenvalue weighted by Crippen LogP contribution is -2.44. The van der Waals surface area contributed by atoms with Gasteiger partial charge in [0.05, 0.1) is 11.7 Å². The highest BCUT2D eigenvalue weighted by molar-refractivity contribution is 7.90. The predicted octanol–water partition coefficient (Wildman–Crippen LogP) is -1.40. The van der Waals surface area contributed by atoms with Crippen molar-refractivity contribution in [2.75, 3.05) is 25.1 Å². The second kappa shape index (κ2) is 6.14. The number of carbonyl (C=O) groups excluding carboxylic acids is 1. The molecule has 3 N–H and O–H groups in total. The van der Waals surface area contributed by atoms with Gasteiger partial charge >= 0.3 is 5.97 Å². The Morgan fingerprint density at radius 2 is 2.17 bits per heavy atom. The molecule has 1 saturated heterocycles. The number of aliphatic carboxylic acids is 1. The molecule has 8 heteroatoms. The van der Waals surface area contributed by atoms with E-state index in [0.29, 0.717) is 13.0 Å². The molecule has 1 amide bonds. The minimum atomic E-state index is -3.23. The summed E-state index contributed by atoms with van der Waals surface area (Å²) in [6.45, 7) is 1.27. The van der Waals surface area contributed by atoms with Crippen molar-refractivity contribution in [2.24, 2.45) is 5.92 Å². The molecule has 0 aromatic heterocycles. The highest BCUT2D eigenvalue weighted by Gasteiger charge is 2.27. The molecule has 0 bridgehead atoms. The van der Waals surface area contributed by atoms with E-state index >= 15 is 0 Å². The van der Waals surface area contributed by atoms with Crippen LogP contribution in [0, 0.1) is 5.92 Å². The van der Waals surface area contributed by atoms with Gasteiger partial charge in [-0.15, -0.1) is 0 Å². The van der Waals surface area contributed by atoms with Gasteiger partial charge in [0.25, 0.3) is 0 Å². The summed E-state index contributed by atoms with van der Waals surface area (Å²) in [5.41, 5.74) is 0. The summed E-state index contributed by atoms with van der Waals surface area (Å²) in [4.78, 5) is 22.7. The molecule has 1 rings (SSSR count). The Bertz CT molecular complexity index is 414. The van der Waals surface area contributed by atoms with Crippen molar-refractivity contribution in [3.05, 3.63) is 0 Å². The Morgan fingerprint density at radius 3 is 2.61 bits per heavy atom. The molecular formula is C10H18N2O5S. The molecule has 0 aromatic carbocycles. The Balaban J connectivity index is 2.51. The molecule has 1 fully saturated rings. The summed E-state index contributed by atoms with van der Waals surface area (Å²) in [6.07, 6.45) is 1.60. The normalized spacial score (nSPS) is 21.5. The van der Waals surface area contributed by atoms with E-state index in [-0.39, 0.29) is 24.0 Å². The lowest BCUT2D eigenvalue weighted by Gasteiger charge is -2.16. The monoisotopic (exact) mass is 278 g/mol. The smallest absolute Gasteiger partial charge is 0.326 e. The average Bonchev–Trinajstić information content (AvgIpc) is 2.75. The lowest BCUT2D eigenvalue weighted by molar-refractivity contribution is -0.142. The molecule has 0 radical (unpaired) electrons. The number of hydrogen-bond acceptors (Lipinski definition) is 5. The van der Waals surface area contributed by atoms with Gasteiger partial charge in [-0.2, -0.15) is 0 Å². The van der Waals surface area contributed by atoms with E-state index in [1.54, 1.807) is 0 Å². The Morgan fingerprint density at radius 1 is 1.50 bits per heavy atom. The average molecular weight is 278 g/mol. The molecule has 7 nitrogen and oxygen atoms in total. The molecule has 104 valence electrons. The van der Waals surface area contributed by atoms with Gasteiger partial charge in [-0.05, 0) is 19.4 Å². The minimum absolute atomic E-state index is 0.111. The van der Waals surface area contributed by atoms with Crippen LogP contribution in [0.1, 0.15) is 12.8 Å². The first-order valence-corrected chi connectivity index (χ1v) is 7.77. The second-order valence-electron chi connectivity index (χ2n) is 4.51. The summed E-state index contributed by atoms with van der Waals surface area (Å²) >= 11 is 0.